The summed E-state index contributed by atoms with van der Waals surface area (Å²) >= 11 is 0. The van der Waals surface area contributed by atoms with E-state index in [1.807, 2.05) is 0 Å². The summed E-state index contributed by atoms with van der Waals surface area (Å²) in [5.74, 6) is 4.20. The minimum atomic E-state index is -1.20. The molecule has 3 N–H and O–H groups in total. The molecule has 100 valence electrons. The highest BCUT2D eigenvalue weighted by atomic mass is 16.6. The molecule has 0 amide bonds. The fourth-order valence-electron chi connectivity index (χ4n) is 1.26. The van der Waals surface area contributed by atoms with Crippen molar-refractivity contribution in [3.63, 3.8) is 0 Å². The molecule has 19 heavy (non-hydrogen) atoms. The first-order valence-corrected chi connectivity index (χ1v) is 5.60. The molecule has 0 saturated carbocycles. The molecule has 0 aliphatic heterocycles. The molecular formula is C13H14N2O4. The Morgan fingerprint density at radius 2 is 2.21 bits per heavy atom. The van der Waals surface area contributed by atoms with Crippen LogP contribution in [0.5, 0.6) is 0 Å². The number of non-ortho nitro benzene ring substituents is 1. The maximum Gasteiger partial charge on any atom is 0.321 e. The number of nitrogen functional groups attached to an aromatic ring is 1. The molecule has 6 heteroatoms. The van der Waals surface area contributed by atoms with Gasteiger partial charge in [0.25, 0.3) is 5.69 Å². The van der Waals surface area contributed by atoms with Crippen LogP contribution in [0.4, 0.5) is 11.4 Å². The van der Waals surface area contributed by atoms with Gasteiger partial charge in [-0.3, -0.25) is 14.9 Å². The van der Waals surface area contributed by atoms with E-state index in [4.69, 9.17) is 10.8 Å². The van der Waals surface area contributed by atoms with Crippen LogP contribution in [-0.4, -0.2) is 16.0 Å². The van der Waals surface area contributed by atoms with E-state index in [0.717, 1.165) is 0 Å². The highest BCUT2D eigenvalue weighted by molar-refractivity contribution is 5.78. The molecule has 0 aromatic heterocycles. The fraction of sp³-hybridized carbons (Fsp3) is 0.308. The highest BCUT2D eigenvalue weighted by Crippen LogP contribution is 2.22. The lowest BCUT2D eigenvalue weighted by atomic mass is 9.88. The number of carbonyl (C=O) groups is 1. The van der Waals surface area contributed by atoms with E-state index in [0.29, 0.717) is 6.42 Å². The first-order valence-electron chi connectivity index (χ1n) is 5.60. The number of anilines is 1. The van der Waals surface area contributed by atoms with Crippen molar-refractivity contribution in [2.75, 3.05) is 5.73 Å². The molecule has 1 unspecified atom stereocenters. The number of nitro groups is 1. The zero-order chi connectivity index (χ0) is 14.6. The molecule has 0 saturated heterocycles. The third-order valence-electron chi connectivity index (χ3n) is 2.90. The van der Waals surface area contributed by atoms with Gasteiger partial charge in [-0.2, -0.15) is 0 Å². The van der Waals surface area contributed by atoms with Crippen LogP contribution in [0.2, 0.25) is 0 Å². The van der Waals surface area contributed by atoms with Crippen LogP contribution in [0.3, 0.4) is 0 Å². The van der Waals surface area contributed by atoms with Crippen LogP contribution in [0.1, 0.15) is 25.8 Å². The van der Waals surface area contributed by atoms with Gasteiger partial charge in [0.05, 0.1) is 10.5 Å². The van der Waals surface area contributed by atoms with E-state index in [9.17, 15) is 14.9 Å². The topological polar surface area (TPSA) is 106 Å². The van der Waals surface area contributed by atoms with Crippen molar-refractivity contribution in [1.29, 1.82) is 0 Å². The second-order valence-electron chi connectivity index (χ2n) is 4.27. The number of carboxylic acid groups (broad SMARTS) is 1. The van der Waals surface area contributed by atoms with Crippen molar-refractivity contribution in [2.24, 2.45) is 5.41 Å². The lowest BCUT2D eigenvalue weighted by Crippen LogP contribution is -2.24. The summed E-state index contributed by atoms with van der Waals surface area (Å²) in [6.45, 7) is 3.20. The van der Waals surface area contributed by atoms with Gasteiger partial charge >= 0.3 is 5.97 Å². The molecule has 1 atom stereocenters. The Kier molecular flexibility index (Phi) is 4.12. The minimum absolute atomic E-state index is 0.132. The Labute approximate surface area is 110 Å². The predicted molar refractivity (Wildman–Crippen MR) is 70.4 cm³/mol. The average molecular weight is 262 g/mol. The maximum absolute atomic E-state index is 11.1. The van der Waals surface area contributed by atoms with E-state index < -0.39 is 16.3 Å². The van der Waals surface area contributed by atoms with Gasteiger partial charge in [-0.05, 0) is 19.4 Å². The summed E-state index contributed by atoms with van der Waals surface area (Å²) in [6, 6.07) is 3.89. The Balaban J connectivity index is 3.23. The molecule has 1 aromatic rings. The summed E-state index contributed by atoms with van der Waals surface area (Å²) in [6.07, 6.45) is 0.324. The second-order valence-corrected chi connectivity index (χ2v) is 4.27. The molecule has 6 nitrogen and oxygen atoms in total. The van der Waals surface area contributed by atoms with E-state index in [1.165, 1.54) is 25.1 Å². The zero-order valence-corrected chi connectivity index (χ0v) is 10.6. The van der Waals surface area contributed by atoms with Crippen LogP contribution >= 0.6 is 0 Å². The molecular weight excluding hydrogens is 248 g/mol. The molecule has 0 aliphatic carbocycles. The third kappa shape index (κ3) is 3.22. The summed E-state index contributed by atoms with van der Waals surface area (Å²) < 4.78 is 0. The van der Waals surface area contributed by atoms with Gasteiger partial charge in [-0.1, -0.05) is 18.8 Å². The Morgan fingerprint density at radius 1 is 1.58 bits per heavy atom. The third-order valence-corrected chi connectivity index (χ3v) is 2.90. The van der Waals surface area contributed by atoms with Crippen molar-refractivity contribution in [3.05, 3.63) is 33.9 Å². The molecule has 0 radical (unpaired) electrons. The second kappa shape index (κ2) is 5.40. The molecule has 0 bridgehead atoms. The van der Waals surface area contributed by atoms with Crippen molar-refractivity contribution >= 4 is 17.3 Å². The van der Waals surface area contributed by atoms with E-state index >= 15 is 0 Å². The van der Waals surface area contributed by atoms with Gasteiger partial charge in [-0.15, -0.1) is 0 Å². The van der Waals surface area contributed by atoms with Gasteiger partial charge in [-0.25, -0.2) is 0 Å². The first-order chi connectivity index (χ1) is 8.80. The number of nitrogens with two attached hydrogens (primary N) is 1. The highest BCUT2D eigenvalue weighted by Gasteiger charge is 2.28. The monoisotopic (exact) mass is 262 g/mol. The number of aliphatic carboxylic acids is 1. The summed E-state index contributed by atoms with van der Waals surface area (Å²) in [7, 11) is 0. The molecule has 1 rings (SSSR count). The minimum Gasteiger partial charge on any atom is -0.480 e. The first kappa shape index (κ1) is 14.5. The largest absolute Gasteiger partial charge is 0.480 e. The van der Waals surface area contributed by atoms with Gasteiger partial charge in [0.1, 0.15) is 5.41 Å². The number of nitro benzene ring substituents is 1. The van der Waals surface area contributed by atoms with Crippen LogP contribution < -0.4 is 5.73 Å². The fourth-order valence-corrected chi connectivity index (χ4v) is 1.26. The number of nitrogens with zero attached hydrogens (tertiary/aromatic N) is 1. The average Bonchev–Trinajstić information content (AvgIpc) is 2.36. The van der Waals surface area contributed by atoms with Crippen molar-refractivity contribution < 1.29 is 14.8 Å². The quantitative estimate of drug-likeness (QED) is 0.375. The summed E-state index contributed by atoms with van der Waals surface area (Å²) in [5.41, 5.74) is 4.87. The Bertz CT molecular complexity index is 586. The van der Waals surface area contributed by atoms with E-state index in [1.54, 1.807) is 6.92 Å². The molecule has 0 heterocycles. The molecule has 0 spiro atoms. The SMILES string of the molecule is CCC(C)(C#Cc1cc([N+](=O)[O-])ccc1N)C(=O)O. The summed E-state index contributed by atoms with van der Waals surface area (Å²) in [4.78, 5) is 21.2. The summed E-state index contributed by atoms with van der Waals surface area (Å²) in [5, 5.41) is 19.7. The Hall–Kier alpha value is -2.55. The van der Waals surface area contributed by atoms with Crippen LogP contribution in [0.15, 0.2) is 18.2 Å². The molecule has 0 aliphatic rings. The molecule has 1 aromatic carbocycles. The van der Waals surface area contributed by atoms with E-state index in [-0.39, 0.29) is 16.9 Å². The predicted octanol–water partition coefficient (Wildman–Crippen LogP) is 2.03. The Morgan fingerprint density at radius 3 is 2.68 bits per heavy atom. The van der Waals surface area contributed by atoms with Crippen LogP contribution in [-0.2, 0) is 4.79 Å². The number of hydrogen-bond donors (Lipinski definition) is 2. The maximum atomic E-state index is 11.1. The standard InChI is InChI=1S/C13H14N2O4/c1-3-13(2,12(16)17)7-6-9-8-10(15(18)19)4-5-11(9)14/h4-5,8H,3,14H2,1-2H3,(H,16,17). The smallest absolute Gasteiger partial charge is 0.321 e. The van der Waals surface area contributed by atoms with Crippen LogP contribution in [0.25, 0.3) is 0 Å². The van der Waals surface area contributed by atoms with Gasteiger partial charge < -0.3 is 10.8 Å². The van der Waals surface area contributed by atoms with Crippen LogP contribution in [0, 0.1) is 27.4 Å². The number of hydrogen-bond acceptors (Lipinski definition) is 4. The zero-order valence-electron chi connectivity index (χ0n) is 10.6. The lowest BCUT2D eigenvalue weighted by Gasteiger charge is -2.14. The van der Waals surface area contributed by atoms with Crippen molar-refractivity contribution in [2.45, 2.75) is 20.3 Å². The van der Waals surface area contributed by atoms with E-state index in [2.05, 4.69) is 11.8 Å². The van der Waals surface area contributed by atoms with Crippen molar-refractivity contribution in [3.8, 4) is 11.8 Å². The number of carboxylic acids is 1. The van der Waals surface area contributed by atoms with Crippen molar-refractivity contribution in [1.82, 2.24) is 0 Å². The normalized spacial score (nSPS) is 12.9. The lowest BCUT2D eigenvalue weighted by molar-refractivity contribution is -0.384. The van der Waals surface area contributed by atoms with Gasteiger partial charge in [0.2, 0.25) is 0 Å². The van der Waals surface area contributed by atoms with Gasteiger partial charge in [0, 0.05) is 17.8 Å². The molecule has 0 fully saturated rings. The number of rotatable bonds is 3. The number of benzene rings is 1. The van der Waals surface area contributed by atoms with Gasteiger partial charge in [0.15, 0.2) is 0 Å².